The summed E-state index contributed by atoms with van der Waals surface area (Å²) in [6, 6.07) is 1.31. The third kappa shape index (κ3) is 5.56. The van der Waals surface area contributed by atoms with E-state index in [1.54, 1.807) is 0 Å². The summed E-state index contributed by atoms with van der Waals surface area (Å²) in [5.41, 5.74) is 0. The van der Waals surface area contributed by atoms with Crippen molar-refractivity contribution in [3.8, 4) is 0 Å². The van der Waals surface area contributed by atoms with Crippen LogP contribution in [-0.2, 0) is 0 Å². The van der Waals surface area contributed by atoms with Gasteiger partial charge in [0.25, 0.3) is 0 Å². The van der Waals surface area contributed by atoms with E-state index in [4.69, 9.17) is 0 Å². The van der Waals surface area contributed by atoms with Gasteiger partial charge in [0.05, 0.1) is 0 Å². The topological polar surface area (TPSA) is 15.3 Å². The molecule has 0 spiro atoms. The van der Waals surface area contributed by atoms with Crippen molar-refractivity contribution in [3.05, 3.63) is 0 Å². The van der Waals surface area contributed by atoms with Crippen molar-refractivity contribution in [2.75, 3.05) is 20.6 Å². The maximum Gasteiger partial charge on any atom is 0.00755 e. The molecule has 0 heterocycles. The SMILES string of the molecule is CCCNC(C)CC(C)N(C)C. The molecule has 0 aromatic carbocycles. The fraction of sp³-hybridized carbons (Fsp3) is 1.00. The summed E-state index contributed by atoms with van der Waals surface area (Å²) in [5, 5.41) is 3.49. The molecule has 0 aliphatic rings. The molecule has 0 rings (SSSR count). The van der Waals surface area contributed by atoms with Gasteiger partial charge in [0, 0.05) is 12.1 Å². The molecule has 0 saturated carbocycles. The van der Waals surface area contributed by atoms with E-state index in [1.807, 2.05) is 0 Å². The maximum atomic E-state index is 3.49. The summed E-state index contributed by atoms with van der Waals surface area (Å²) < 4.78 is 0. The van der Waals surface area contributed by atoms with Crippen LogP contribution in [0.15, 0.2) is 0 Å². The Balaban J connectivity index is 3.47. The first-order valence-corrected chi connectivity index (χ1v) is 4.97. The number of nitrogens with zero attached hydrogens (tertiary/aromatic N) is 1. The van der Waals surface area contributed by atoms with E-state index in [1.165, 1.54) is 12.8 Å². The van der Waals surface area contributed by atoms with E-state index < -0.39 is 0 Å². The van der Waals surface area contributed by atoms with Crippen LogP contribution in [0.4, 0.5) is 0 Å². The Labute approximate surface area is 77.3 Å². The zero-order valence-corrected chi connectivity index (χ0v) is 9.22. The zero-order valence-electron chi connectivity index (χ0n) is 9.22. The summed E-state index contributed by atoms with van der Waals surface area (Å²) in [6.07, 6.45) is 2.45. The van der Waals surface area contributed by atoms with Crippen molar-refractivity contribution in [2.24, 2.45) is 0 Å². The highest BCUT2D eigenvalue weighted by molar-refractivity contribution is 4.68. The fourth-order valence-corrected chi connectivity index (χ4v) is 1.20. The van der Waals surface area contributed by atoms with Crippen molar-refractivity contribution >= 4 is 0 Å². The lowest BCUT2D eigenvalue weighted by Gasteiger charge is -2.23. The van der Waals surface area contributed by atoms with Crippen LogP contribution >= 0.6 is 0 Å². The van der Waals surface area contributed by atoms with E-state index in [-0.39, 0.29) is 0 Å². The van der Waals surface area contributed by atoms with E-state index >= 15 is 0 Å². The molecule has 0 aliphatic carbocycles. The van der Waals surface area contributed by atoms with Crippen LogP contribution in [-0.4, -0.2) is 37.6 Å². The molecule has 12 heavy (non-hydrogen) atoms. The van der Waals surface area contributed by atoms with Crippen molar-refractivity contribution in [1.29, 1.82) is 0 Å². The highest BCUT2D eigenvalue weighted by atomic mass is 15.1. The first-order valence-electron chi connectivity index (χ1n) is 4.97. The van der Waals surface area contributed by atoms with Gasteiger partial charge >= 0.3 is 0 Å². The van der Waals surface area contributed by atoms with Crippen LogP contribution in [0.5, 0.6) is 0 Å². The van der Waals surface area contributed by atoms with Crippen LogP contribution in [0.3, 0.4) is 0 Å². The van der Waals surface area contributed by atoms with Gasteiger partial charge in [-0.05, 0) is 47.3 Å². The lowest BCUT2D eigenvalue weighted by molar-refractivity contribution is 0.275. The molecule has 1 N–H and O–H groups in total. The van der Waals surface area contributed by atoms with Crippen LogP contribution in [0.1, 0.15) is 33.6 Å². The fourth-order valence-electron chi connectivity index (χ4n) is 1.20. The van der Waals surface area contributed by atoms with Crippen LogP contribution in [0.2, 0.25) is 0 Å². The Morgan fingerprint density at radius 3 is 2.25 bits per heavy atom. The maximum absolute atomic E-state index is 3.49. The third-order valence-corrected chi connectivity index (χ3v) is 2.32. The average molecular weight is 172 g/mol. The average Bonchev–Trinajstić information content (AvgIpc) is 2.00. The molecule has 0 fully saturated rings. The molecule has 2 unspecified atom stereocenters. The molecule has 74 valence electrons. The molecule has 0 aliphatic heterocycles. The second kappa shape index (κ2) is 6.44. The summed E-state index contributed by atoms with van der Waals surface area (Å²) in [5.74, 6) is 0. The van der Waals surface area contributed by atoms with Crippen LogP contribution in [0, 0.1) is 0 Å². The van der Waals surface area contributed by atoms with Crippen molar-refractivity contribution in [3.63, 3.8) is 0 Å². The smallest absolute Gasteiger partial charge is 0.00755 e. The lowest BCUT2D eigenvalue weighted by Crippen LogP contribution is -2.35. The summed E-state index contributed by atoms with van der Waals surface area (Å²) >= 11 is 0. The van der Waals surface area contributed by atoms with E-state index in [0.717, 1.165) is 6.54 Å². The molecule has 2 nitrogen and oxygen atoms in total. The van der Waals surface area contributed by atoms with Gasteiger partial charge in [-0.15, -0.1) is 0 Å². The third-order valence-electron chi connectivity index (χ3n) is 2.32. The molecule has 0 bridgehead atoms. The molecule has 0 radical (unpaired) electrons. The second-order valence-electron chi connectivity index (χ2n) is 3.90. The molecule has 2 heteroatoms. The van der Waals surface area contributed by atoms with E-state index in [0.29, 0.717) is 12.1 Å². The Bertz CT molecular complexity index is 102. The molecular formula is C10H24N2. The van der Waals surface area contributed by atoms with Gasteiger partial charge in [0.2, 0.25) is 0 Å². The largest absolute Gasteiger partial charge is 0.314 e. The van der Waals surface area contributed by atoms with Crippen molar-refractivity contribution in [1.82, 2.24) is 10.2 Å². The Morgan fingerprint density at radius 1 is 1.25 bits per heavy atom. The standard InChI is InChI=1S/C10H24N2/c1-6-7-11-9(2)8-10(3)12(4)5/h9-11H,6-8H2,1-5H3. The highest BCUT2D eigenvalue weighted by Crippen LogP contribution is 2.02. The van der Waals surface area contributed by atoms with Crippen LogP contribution in [0.25, 0.3) is 0 Å². The quantitative estimate of drug-likeness (QED) is 0.656. The number of hydrogen-bond acceptors (Lipinski definition) is 2. The van der Waals surface area contributed by atoms with E-state index in [2.05, 4.69) is 45.1 Å². The summed E-state index contributed by atoms with van der Waals surface area (Å²) in [6.45, 7) is 7.87. The highest BCUT2D eigenvalue weighted by Gasteiger charge is 2.08. The van der Waals surface area contributed by atoms with Gasteiger partial charge < -0.3 is 10.2 Å². The predicted molar refractivity (Wildman–Crippen MR) is 55.5 cm³/mol. The molecule has 0 aromatic heterocycles. The summed E-state index contributed by atoms with van der Waals surface area (Å²) in [7, 11) is 4.27. The van der Waals surface area contributed by atoms with Gasteiger partial charge in [-0.3, -0.25) is 0 Å². The molecule has 0 saturated heterocycles. The van der Waals surface area contributed by atoms with Gasteiger partial charge in [-0.2, -0.15) is 0 Å². The Hall–Kier alpha value is -0.0800. The predicted octanol–water partition coefficient (Wildman–Crippen LogP) is 1.71. The Morgan fingerprint density at radius 2 is 1.83 bits per heavy atom. The summed E-state index contributed by atoms with van der Waals surface area (Å²) in [4.78, 5) is 2.27. The minimum atomic E-state index is 0.641. The number of nitrogens with one attached hydrogen (secondary N) is 1. The second-order valence-corrected chi connectivity index (χ2v) is 3.90. The van der Waals surface area contributed by atoms with Crippen molar-refractivity contribution < 1.29 is 0 Å². The molecule has 0 amide bonds. The molecule has 2 atom stereocenters. The first kappa shape index (κ1) is 11.9. The van der Waals surface area contributed by atoms with Gasteiger partial charge in [-0.1, -0.05) is 6.92 Å². The molecular weight excluding hydrogens is 148 g/mol. The minimum Gasteiger partial charge on any atom is -0.314 e. The molecule has 0 aromatic rings. The van der Waals surface area contributed by atoms with Crippen LogP contribution < -0.4 is 5.32 Å². The number of hydrogen-bond donors (Lipinski definition) is 1. The lowest BCUT2D eigenvalue weighted by atomic mass is 10.1. The van der Waals surface area contributed by atoms with Gasteiger partial charge in [0.1, 0.15) is 0 Å². The van der Waals surface area contributed by atoms with Gasteiger partial charge in [0.15, 0.2) is 0 Å². The monoisotopic (exact) mass is 172 g/mol. The first-order chi connectivity index (χ1) is 5.57. The minimum absolute atomic E-state index is 0.641. The van der Waals surface area contributed by atoms with Gasteiger partial charge in [-0.25, -0.2) is 0 Å². The normalized spacial score (nSPS) is 16.5. The van der Waals surface area contributed by atoms with Crippen molar-refractivity contribution in [2.45, 2.75) is 45.7 Å². The van der Waals surface area contributed by atoms with E-state index in [9.17, 15) is 0 Å². The Kier molecular flexibility index (Phi) is 6.39. The zero-order chi connectivity index (χ0) is 9.56. The number of rotatable bonds is 6.